The fourth-order valence-electron chi connectivity index (χ4n) is 1.62. The molecule has 0 spiro atoms. The lowest BCUT2D eigenvalue weighted by Crippen LogP contribution is -2.08. The molecule has 0 amide bonds. The van der Waals surface area contributed by atoms with Gasteiger partial charge in [0.2, 0.25) is 0 Å². The average molecular weight is 206 g/mol. The summed E-state index contributed by atoms with van der Waals surface area (Å²) in [5.41, 5.74) is 0.922. The second-order valence-electron chi connectivity index (χ2n) is 3.59. The topological polar surface area (TPSA) is 12.9 Å². The van der Waals surface area contributed by atoms with E-state index in [0.717, 1.165) is 15.2 Å². The molecule has 1 fully saturated rings. The van der Waals surface area contributed by atoms with Crippen molar-refractivity contribution in [3.63, 3.8) is 0 Å². The normalized spacial score (nSPS) is 17.2. The molecular weight excluding hydrogens is 197 g/mol. The summed E-state index contributed by atoms with van der Waals surface area (Å²) in [5.74, 6) is 1.26. The van der Waals surface area contributed by atoms with Crippen molar-refractivity contribution in [2.75, 3.05) is 0 Å². The van der Waals surface area contributed by atoms with Gasteiger partial charge in [0.25, 0.3) is 0 Å². The minimum Gasteiger partial charge on any atom is -0.241 e. The third-order valence-corrected chi connectivity index (χ3v) is 3.73. The van der Waals surface area contributed by atoms with Crippen molar-refractivity contribution < 1.29 is 4.39 Å². The van der Waals surface area contributed by atoms with Crippen LogP contribution in [0.15, 0.2) is 18.2 Å². The summed E-state index contributed by atoms with van der Waals surface area (Å²) in [4.78, 5) is 4.49. The van der Waals surface area contributed by atoms with Gasteiger partial charge in [0.1, 0.15) is 10.8 Å². The fraction of sp³-hybridized carbons (Fsp3) is 0.273. The summed E-state index contributed by atoms with van der Waals surface area (Å²) in [5, 5.41) is 1.11. The zero-order valence-corrected chi connectivity index (χ0v) is 8.40. The molecule has 1 aliphatic rings. The van der Waals surface area contributed by atoms with E-state index in [9.17, 15) is 4.39 Å². The SMILES string of the molecule is Fc1ccc2nc([C]3CCC3)sc2c1. The molecule has 1 radical (unpaired) electrons. The van der Waals surface area contributed by atoms with Gasteiger partial charge >= 0.3 is 0 Å². The second-order valence-corrected chi connectivity index (χ2v) is 4.62. The molecule has 0 unspecified atom stereocenters. The molecule has 2 aromatic rings. The molecular formula is C11H9FNS. The molecule has 1 nitrogen and oxygen atoms in total. The van der Waals surface area contributed by atoms with E-state index in [2.05, 4.69) is 4.98 Å². The van der Waals surface area contributed by atoms with Crippen LogP contribution in [0.1, 0.15) is 24.3 Å². The van der Waals surface area contributed by atoms with E-state index in [4.69, 9.17) is 0 Å². The van der Waals surface area contributed by atoms with Crippen molar-refractivity contribution in [3.05, 3.63) is 34.9 Å². The van der Waals surface area contributed by atoms with Gasteiger partial charge in [-0.3, -0.25) is 0 Å². The van der Waals surface area contributed by atoms with Crippen molar-refractivity contribution in [2.24, 2.45) is 0 Å². The van der Waals surface area contributed by atoms with Crippen LogP contribution in [0, 0.1) is 11.7 Å². The van der Waals surface area contributed by atoms with Crippen LogP contribution in [0.4, 0.5) is 4.39 Å². The Labute approximate surface area is 85.6 Å². The molecule has 0 N–H and O–H groups in total. The van der Waals surface area contributed by atoms with Gasteiger partial charge in [-0.1, -0.05) is 6.42 Å². The molecule has 0 aliphatic heterocycles. The lowest BCUT2D eigenvalue weighted by Gasteiger charge is -2.21. The van der Waals surface area contributed by atoms with Gasteiger partial charge in [-0.25, -0.2) is 9.37 Å². The Morgan fingerprint density at radius 3 is 2.86 bits per heavy atom. The molecule has 71 valence electrons. The van der Waals surface area contributed by atoms with Crippen LogP contribution in [0.3, 0.4) is 0 Å². The minimum absolute atomic E-state index is 0.175. The molecule has 1 aromatic heterocycles. The van der Waals surface area contributed by atoms with Crippen LogP contribution in [0.2, 0.25) is 0 Å². The van der Waals surface area contributed by atoms with Crippen molar-refractivity contribution in [2.45, 2.75) is 19.3 Å². The highest BCUT2D eigenvalue weighted by atomic mass is 32.1. The van der Waals surface area contributed by atoms with Gasteiger partial charge in [-0.15, -0.1) is 11.3 Å². The zero-order valence-electron chi connectivity index (χ0n) is 7.59. The summed E-state index contributed by atoms with van der Waals surface area (Å²) in [6.45, 7) is 0. The molecule has 3 heteroatoms. The number of nitrogens with zero attached hydrogens (tertiary/aromatic N) is 1. The molecule has 1 heterocycles. The van der Waals surface area contributed by atoms with Crippen molar-refractivity contribution in [1.29, 1.82) is 0 Å². The maximum Gasteiger partial charge on any atom is 0.124 e. The number of hydrogen-bond donors (Lipinski definition) is 0. The van der Waals surface area contributed by atoms with Gasteiger partial charge in [-0.2, -0.15) is 0 Å². The van der Waals surface area contributed by atoms with Gasteiger partial charge in [0.05, 0.1) is 10.2 Å². The molecule has 0 atom stereocenters. The van der Waals surface area contributed by atoms with Crippen LogP contribution < -0.4 is 0 Å². The number of benzene rings is 1. The first-order chi connectivity index (χ1) is 6.83. The maximum atomic E-state index is 12.9. The Morgan fingerprint density at radius 2 is 2.14 bits per heavy atom. The molecule has 1 aliphatic carbocycles. The Bertz CT molecular complexity index is 473. The highest BCUT2D eigenvalue weighted by molar-refractivity contribution is 7.18. The first-order valence-electron chi connectivity index (χ1n) is 4.74. The van der Waals surface area contributed by atoms with Crippen LogP contribution >= 0.6 is 11.3 Å². The lowest BCUT2D eigenvalue weighted by atomic mass is 9.86. The first-order valence-corrected chi connectivity index (χ1v) is 5.56. The summed E-state index contributed by atoms with van der Waals surface area (Å²) < 4.78 is 13.9. The summed E-state index contributed by atoms with van der Waals surface area (Å²) in [6.07, 6.45) is 3.62. The summed E-state index contributed by atoms with van der Waals surface area (Å²) in [7, 11) is 0. The molecule has 3 rings (SSSR count). The van der Waals surface area contributed by atoms with E-state index in [-0.39, 0.29) is 5.82 Å². The monoisotopic (exact) mass is 206 g/mol. The molecule has 14 heavy (non-hydrogen) atoms. The van der Waals surface area contributed by atoms with Gasteiger partial charge in [-0.05, 0) is 31.0 Å². The van der Waals surface area contributed by atoms with Gasteiger partial charge < -0.3 is 0 Å². The van der Waals surface area contributed by atoms with Gasteiger partial charge in [0.15, 0.2) is 0 Å². The molecule has 0 bridgehead atoms. The Hall–Kier alpha value is -0.960. The molecule has 1 aromatic carbocycles. The van der Waals surface area contributed by atoms with Crippen LogP contribution in [-0.4, -0.2) is 4.98 Å². The van der Waals surface area contributed by atoms with Crippen molar-refractivity contribution in [3.8, 4) is 0 Å². The van der Waals surface area contributed by atoms with Crippen LogP contribution in [0.25, 0.3) is 10.2 Å². The summed E-state index contributed by atoms with van der Waals surface area (Å²) in [6, 6.07) is 4.79. The van der Waals surface area contributed by atoms with Crippen LogP contribution in [-0.2, 0) is 0 Å². The van der Waals surface area contributed by atoms with Gasteiger partial charge in [0, 0.05) is 5.92 Å². The highest BCUT2D eigenvalue weighted by Crippen LogP contribution is 2.38. The number of fused-ring (bicyclic) bond motifs is 1. The van der Waals surface area contributed by atoms with Crippen LogP contribution in [0.5, 0.6) is 0 Å². The summed E-state index contributed by atoms with van der Waals surface area (Å²) >= 11 is 1.61. The predicted molar refractivity (Wildman–Crippen MR) is 55.8 cm³/mol. The number of aromatic nitrogens is 1. The first kappa shape index (κ1) is 8.36. The van der Waals surface area contributed by atoms with E-state index in [1.165, 1.54) is 31.2 Å². The smallest absolute Gasteiger partial charge is 0.124 e. The Kier molecular flexibility index (Phi) is 1.80. The molecule has 1 saturated carbocycles. The second kappa shape index (κ2) is 3.02. The highest BCUT2D eigenvalue weighted by Gasteiger charge is 2.23. The largest absolute Gasteiger partial charge is 0.241 e. The van der Waals surface area contributed by atoms with E-state index in [1.807, 2.05) is 0 Å². The predicted octanol–water partition coefficient (Wildman–Crippen LogP) is 3.54. The lowest BCUT2D eigenvalue weighted by molar-refractivity contribution is 0.576. The number of hydrogen-bond acceptors (Lipinski definition) is 2. The maximum absolute atomic E-state index is 12.9. The standard InChI is InChI=1S/C11H9FNS/c12-8-4-5-9-10(6-8)14-11(13-9)7-2-1-3-7/h4-6H,1-3H2. The third kappa shape index (κ3) is 1.23. The number of halogens is 1. The van der Waals surface area contributed by atoms with E-state index >= 15 is 0 Å². The quantitative estimate of drug-likeness (QED) is 0.695. The van der Waals surface area contributed by atoms with E-state index < -0.39 is 0 Å². The van der Waals surface area contributed by atoms with Crippen molar-refractivity contribution >= 4 is 21.6 Å². The zero-order chi connectivity index (χ0) is 9.54. The average Bonchev–Trinajstić information content (AvgIpc) is 2.43. The fourth-order valence-corrected chi connectivity index (χ4v) is 2.71. The van der Waals surface area contributed by atoms with E-state index in [0.29, 0.717) is 0 Å². The minimum atomic E-state index is -0.175. The number of thiazole rings is 1. The number of rotatable bonds is 1. The Balaban J connectivity index is 2.10. The third-order valence-electron chi connectivity index (χ3n) is 2.61. The molecule has 0 saturated heterocycles. The van der Waals surface area contributed by atoms with E-state index in [1.54, 1.807) is 23.5 Å². The Morgan fingerprint density at radius 1 is 1.29 bits per heavy atom. The van der Waals surface area contributed by atoms with Crippen molar-refractivity contribution in [1.82, 2.24) is 4.98 Å².